The molecule has 1 rings (SSSR count). The first kappa shape index (κ1) is 16.2. The molecule has 0 heterocycles. The SMILES string of the molecule is O=C(O)c1cc(F)ccc1OCCCOCC(F)(F)F. The zero-order valence-corrected chi connectivity index (χ0v) is 10.2. The van der Waals surface area contributed by atoms with Crippen LogP contribution in [0.2, 0.25) is 0 Å². The van der Waals surface area contributed by atoms with E-state index in [9.17, 15) is 22.4 Å². The second kappa shape index (κ2) is 7.09. The molecule has 0 unspecified atom stereocenters. The molecule has 1 aromatic rings. The molecular formula is C12H12F4O4. The Kier molecular flexibility index (Phi) is 5.75. The van der Waals surface area contributed by atoms with Crippen LogP contribution in [0.4, 0.5) is 17.6 Å². The molecule has 0 aliphatic rings. The van der Waals surface area contributed by atoms with Gasteiger partial charge < -0.3 is 14.6 Å². The third-order valence-corrected chi connectivity index (χ3v) is 2.13. The van der Waals surface area contributed by atoms with Gasteiger partial charge in [0.05, 0.1) is 13.2 Å². The largest absolute Gasteiger partial charge is 0.493 e. The van der Waals surface area contributed by atoms with E-state index in [-0.39, 0.29) is 30.9 Å². The number of rotatable bonds is 7. The summed E-state index contributed by atoms with van der Waals surface area (Å²) in [5.41, 5.74) is -0.346. The average molecular weight is 296 g/mol. The lowest BCUT2D eigenvalue weighted by Crippen LogP contribution is -2.18. The highest BCUT2D eigenvalue weighted by Gasteiger charge is 2.27. The van der Waals surface area contributed by atoms with Crippen molar-refractivity contribution in [3.8, 4) is 5.75 Å². The van der Waals surface area contributed by atoms with Gasteiger partial charge in [-0.05, 0) is 18.2 Å². The molecule has 0 radical (unpaired) electrons. The number of hydrogen-bond acceptors (Lipinski definition) is 3. The molecule has 1 aromatic carbocycles. The van der Waals surface area contributed by atoms with Crippen molar-refractivity contribution in [2.24, 2.45) is 0 Å². The first-order chi connectivity index (χ1) is 9.29. The van der Waals surface area contributed by atoms with Gasteiger partial charge in [0.25, 0.3) is 0 Å². The quantitative estimate of drug-likeness (QED) is 0.621. The minimum absolute atomic E-state index is 0.0379. The lowest BCUT2D eigenvalue weighted by atomic mass is 10.2. The number of halogens is 4. The Bertz CT molecular complexity index is 459. The molecule has 0 saturated carbocycles. The highest BCUT2D eigenvalue weighted by molar-refractivity contribution is 5.90. The topological polar surface area (TPSA) is 55.8 Å². The van der Waals surface area contributed by atoms with E-state index in [0.29, 0.717) is 0 Å². The Morgan fingerprint density at radius 3 is 2.55 bits per heavy atom. The summed E-state index contributed by atoms with van der Waals surface area (Å²) >= 11 is 0. The molecule has 0 spiro atoms. The lowest BCUT2D eigenvalue weighted by Gasteiger charge is -2.10. The Labute approximate surface area is 111 Å². The van der Waals surface area contributed by atoms with Gasteiger partial charge in [-0.2, -0.15) is 13.2 Å². The van der Waals surface area contributed by atoms with Gasteiger partial charge in [-0.1, -0.05) is 0 Å². The molecule has 0 aliphatic carbocycles. The molecule has 0 atom stereocenters. The summed E-state index contributed by atoms with van der Waals surface area (Å²) in [5, 5.41) is 8.82. The number of carbonyl (C=O) groups is 1. The predicted octanol–water partition coefficient (Wildman–Crippen LogP) is 2.87. The van der Waals surface area contributed by atoms with Crippen molar-refractivity contribution in [2.45, 2.75) is 12.6 Å². The number of aromatic carboxylic acids is 1. The Hall–Kier alpha value is -1.83. The summed E-state index contributed by atoms with van der Waals surface area (Å²) in [4.78, 5) is 10.8. The minimum atomic E-state index is -4.38. The van der Waals surface area contributed by atoms with Crippen LogP contribution >= 0.6 is 0 Å². The molecule has 8 heteroatoms. The lowest BCUT2D eigenvalue weighted by molar-refractivity contribution is -0.174. The van der Waals surface area contributed by atoms with Crippen LogP contribution in [0.15, 0.2) is 18.2 Å². The van der Waals surface area contributed by atoms with E-state index in [2.05, 4.69) is 4.74 Å². The molecule has 0 amide bonds. The molecule has 20 heavy (non-hydrogen) atoms. The van der Waals surface area contributed by atoms with Crippen molar-refractivity contribution in [2.75, 3.05) is 19.8 Å². The highest BCUT2D eigenvalue weighted by atomic mass is 19.4. The van der Waals surface area contributed by atoms with E-state index in [1.807, 2.05) is 0 Å². The second-order valence-corrected chi connectivity index (χ2v) is 3.82. The maximum absolute atomic E-state index is 12.9. The molecule has 0 aliphatic heterocycles. The van der Waals surface area contributed by atoms with Crippen molar-refractivity contribution in [3.05, 3.63) is 29.6 Å². The van der Waals surface area contributed by atoms with Gasteiger partial charge >= 0.3 is 12.1 Å². The van der Waals surface area contributed by atoms with Crippen molar-refractivity contribution >= 4 is 5.97 Å². The monoisotopic (exact) mass is 296 g/mol. The van der Waals surface area contributed by atoms with Crippen LogP contribution in [0.1, 0.15) is 16.8 Å². The van der Waals surface area contributed by atoms with Crippen molar-refractivity contribution in [1.29, 1.82) is 0 Å². The Balaban J connectivity index is 2.37. The van der Waals surface area contributed by atoms with Crippen LogP contribution in [0.3, 0.4) is 0 Å². The number of alkyl halides is 3. The summed E-state index contributed by atoms with van der Waals surface area (Å²) in [6.45, 7) is -1.56. The van der Waals surface area contributed by atoms with Crippen LogP contribution in [0.5, 0.6) is 5.75 Å². The van der Waals surface area contributed by atoms with E-state index in [0.717, 1.165) is 18.2 Å². The summed E-state index contributed by atoms with van der Waals surface area (Å²) < 4.78 is 57.5. The molecule has 112 valence electrons. The first-order valence-electron chi connectivity index (χ1n) is 5.60. The van der Waals surface area contributed by atoms with Crippen molar-refractivity contribution < 1.29 is 36.9 Å². The van der Waals surface area contributed by atoms with E-state index in [1.165, 1.54) is 0 Å². The van der Waals surface area contributed by atoms with Crippen LogP contribution in [-0.2, 0) is 4.74 Å². The van der Waals surface area contributed by atoms with Gasteiger partial charge in [-0.15, -0.1) is 0 Å². The predicted molar refractivity (Wildman–Crippen MR) is 60.3 cm³/mol. The number of carboxylic acids is 1. The van der Waals surface area contributed by atoms with E-state index < -0.39 is 24.6 Å². The van der Waals surface area contributed by atoms with Gasteiger partial charge in [0, 0.05) is 6.42 Å². The molecule has 0 bridgehead atoms. The van der Waals surface area contributed by atoms with Crippen molar-refractivity contribution in [3.63, 3.8) is 0 Å². The standard InChI is InChI=1S/C12H12F4O4/c13-8-2-3-10(9(6-8)11(17)18)20-5-1-4-19-7-12(14,15)16/h2-3,6H,1,4-5,7H2,(H,17,18). The van der Waals surface area contributed by atoms with Crippen molar-refractivity contribution in [1.82, 2.24) is 0 Å². The fourth-order valence-corrected chi connectivity index (χ4v) is 1.33. The first-order valence-corrected chi connectivity index (χ1v) is 5.60. The second-order valence-electron chi connectivity index (χ2n) is 3.82. The zero-order valence-electron chi connectivity index (χ0n) is 10.2. The smallest absolute Gasteiger partial charge is 0.411 e. The van der Waals surface area contributed by atoms with Crippen LogP contribution < -0.4 is 4.74 Å². The fourth-order valence-electron chi connectivity index (χ4n) is 1.33. The van der Waals surface area contributed by atoms with Gasteiger partial charge in [0.2, 0.25) is 0 Å². The summed E-state index contributed by atoms with van der Waals surface area (Å²) in [6.07, 6.45) is -4.24. The third-order valence-electron chi connectivity index (χ3n) is 2.13. The number of benzene rings is 1. The van der Waals surface area contributed by atoms with Gasteiger partial charge in [0.1, 0.15) is 23.7 Å². The van der Waals surface area contributed by atoms with Gasteiger partial charge in [-0.3, -0.25) is 0 Å². The highest BCUT2D eigenvalue weighted by Crippen LogP contribution is 2.20. The van der Waals surface area contributed by atoms with Crippen LogP contribution in [-0.4, -0.2) is 37.1 Å². The Morgan fingerprint density at radius 2 is 1.95 bits per heavy atom. The molecule has 0 fully saturated rings. The van der Waals surface area contributed by atoms with Gasteiger partial charge in [-0.25, -0.2) is 9.18 Å². The summed E-state index contributed by atoms with van der Waals surface area (Å²) in [6, 6.07) is 2.98. The number of ether oxygens (including phenoxy) is 2. The molecule has 1 N–H and O–H groups in total. The van der Waals surface area contributed by atoms with E-state index >= 15 is 0 Å². The maximum Gasteiger partial charge on any atom is 0.411 e. The van der Waals surface area contributed by atoms with E-state index in [4.69, 9.17) is 9.84 Å². The van der Waals surface area contributed by atoms with Crippen LogP contribution in [0, 0.1) is 5.82 Å². The molecular weight excluding hydrogens is 284 g/mol. The summed E-state index contributed by atoms with van der Waals surface area (Å²) in [7, 11) is 0. The molecule has 4 nitrogen and oxygen atoms in total. The maximum atomic E-state index is 12.9. The fraction of sp³-hybridized carbons (Fsp3) is 0.417. The molecule has 0 saturated heterocycles. The van der Waals surface area contributed by atoms with Crippen LogP contribution in [0.25, 0.3) is 0 Å². The minimum Gasteiger partial charge on any atom is -0.493 e. The number of carboxylic acid groups (broad SMARTS) is 1. The number of hydrogen-bond donors (Lipinski definition) is 1. The average Bonchev–Trinajstić information content (AvgIpc) is 2.33. The summed E-state index contributed by atoms with van der Waals surface area (Å²) in [5.74, 6) is -2.12. The Morgan fingerprint density at radius 1 is 1.25 bits per heavy atom. The molecule has 0 aromatic heterocycles. The zero-order chi connectivity index (χ0) is 15.2. The van der Waals surface area contributed by atoms with Gasteiger partial charge in [0.15, 0.2) is 0 Å². The normalized spacial score (nSPS) is 11.4. The van der Waals surface area contributed by atoms with E-state index in [1.54, 1.807) is 0 Å². The third kappa shape index (κ3) is 5.87.